The van der Waals surface area contributed by atoms with Gasteiger partial charge in [-0.2, -0.15) is 0 Å². The number of aromatic nitrogens is 1. The Kier molecular flexibility index (Phi) is 2.08. The van der Waals surface area contributed by atoms with E-state index in [1.165, 1.54) is 0 Å². The number of fused-ring (bicyclic) bond motifs is 1. The molecule has 0 spiro atoms. The Morgan fingerprint density at radius 1 is 1.29 bits per heavy atom. The number of hydrogen-bond donors (Lipinski definition) is 1. The molecule has 0 unspecified atom stereocenters. The zero-order chi connectivity index (χ0) is 10.3. The molecule has 1 heterocycles. The van der Waals surface area contributed by atoms with Gasteiger partial charge >= 0.3 is 0 Å². The second-order valence-corrected chi connectivity index (χ2v) is 3.82. The van der Waals surface area contributed by atoms with E-state index < -0.39 is 0 Å². The molecule has 0 fully saturated rings. The lowest BCUT2D eigenvalue weighted by atomic mass is 10.1. The summed E-state index contributed by atoms with van der Waals surface area (Å²) < 4.78 is 0. The van der Waals surface area contributed by atoms with Crippen molar-refractivity contribution >= 4 is 22.5 Å². The maximum Gasteiger partial charge on any atom is 0.189 e. The van der Waals surface area contributed by atoms with E-state index in [0.29, 0.717) is 10.4 Å². The normalized spacial score (nSPS) is 10.8. The van der Waals surface area contributed by atoms with Gasteiger partial charge in [-0.1, -0.05) is 11.6 Å². The maximum absolute atomic E-state index is 11.6. The summed E-state index contributed by atoms with van der Waals surface area (Å²) in [6.07, 6.45) is 0. The Morgan fingerprint density at radius 3 is 2.71 bits per heavy atom. The van der Waals surface area contributed by atoms with Crippen LogP contribution in [0.3, 0.4) is 0 Å². The van der Waals surface area contributed by atoms with Crippen LogP contribution in [0.1, 0.15) is 11.3 Å². The van der Waals surface area contributed by atoms with Crippen LogP contribution >= 0.6 is 11.6 Å². The summed E-state index contributed by atoms with van der Waals surface area (Å²) in [5, 5.41) is 1.37. The van der Waals surface area contributed by atoms with E-state index in [-0.39, 0.29) is 5.43 Å². The number of H-pyrrole nitrogens is 1. The van der Waals surface area contributed by atoms with Gasteiger partial charge in [-0.05, 0) is 31.5 Å². The van der Waals surface area contributed by atoms with Crippen LogP contribution in [-0.4, -0.2) is 4.98 Å². The maximum atomic E-state index is 11.6. The van der Waals surface area contributed by atoms with Gasteiger partial charge in [0.1, 0.15) is 0 Å². The first-order chi connectivity index (χ1) is 6.59. The fourth-order valence-corrected chi connectivity index (χ4v) is 1.72. The number of pyridine rings is 1. The van der Waals surface area contributed by atoms with Gasteiger partial charge in [-0.25, -0.2) is 0 Å². The van der Waals surface area contributed by atoms with E-state index in [1.807, 2.05) is 13.8 Å². The molecule has 0 aliphatic carbocycles. The predicted octanol–water partition coefficient (Wildman–Crippen LogP) is 2.80. The fraction of sp³-hybridized carbons (Fsp3) is 0.182. The third kappa shape index (κ3) is 1.32. The van der Waals surface area contributed by atoms with Crippen molar-refractivity contribution in [1.29, 1.82) is 0 Å². The summed E-state index contributed by atoms with van der Waals surface area (Å²) in [6, 6.07) is 5.10. The molecule has 0 radical (unpaired) electrons. The third-order valence-corrected chi connectivity index (χ3v) is 2.74. The van der Waals surface area contributed by atoms with Gasteiger partial charge in [0.05, 0.1) is 5.52 Å². The first kappa shape index (κ1) is 9.28. The van der Waals surface area contributed by atoms with E-state index in [2.05, 4.69) is 4.98 Å². The number of halogens is 1. The molecule has 2 nitrogen and oxygen atoms in total. The molecule has 1 aromatic carbocycles. The van der Waals surface area contributed by atoms with Crippen LogP contribution in [-0.2, 0) is 0 Å². The van der Waals surface area contributed by atoms with E-state index in [1.54, 1.807) is 18.2 Å². The van der Waals surface area contributed by atoms with E-state index in [0.717, 1.165) is 16.8 Å². The molecule has 0 aliphatic heterocycles. The monoisotopic (exact) mass is 207 g/mol. The van der Waals surface area contributed by atoms with Gasteiger partial charge in [0.15, 0.2) is 5.43 Å². The number of aromatic amines is 1. The molecule has 0 bridgehead atoms. The standard InChI is InChI=1S/C11H10ClNO/c1-6-5-10(14)8-3-4-9(12)7(2)11(8)13-6/h3-5H,1-2H3,(H,13,14). The van der Waals surface area contributed by atoms with Crippen LogP contribution in [0.4, 0.5) is 0 Å². The number of rotatable bonds is 0. The number of nitrogens with one attached hydrogen (secondary N) is 1. The van der Waals surface area contributed by atoms with E-state index >= 15 is 0 Å². The summed E-state index contributed by atoms with van der Waals surface area (Å²) in [5.74, 6) is 0. The molecule has 0 atom stereocenters. The molecule has 1 aromatic heterocycles. The Balaban J connectivity index is 3.03. The molecule has 3 heteroatoms. The highest BCUT2D eigenvalue weighted by molar-refractivity contribution is 6.32. The average molecular weight is 208 g/mol. The van der Waals surface area contributed by atoms with Gasteiger partial charge in [0, 0.05) is 22.2 Å². The molecule has 14 heavy (non-hydrogen) atoms. The predicted molar refractivity (Wildman–Crippen MR) is 59.1 cm³/mol. The highest BCUT2D eigenvalue weighted by Crippen LogP contribution is 2.21. The van der Waals surface area contributed by atoms with Crippen LogP contribution in [0, 0.1) is 13.8 Å². The van der Waals surface area contributed by atoms with Gasteiger partial charge in [0.2, 0.25) is 0 Å². The Morgan fingerprint density at radius 2 is 2.00 bits per heavy atom. The average Bonchev–Trinajstić information content (AvgIpc) is 2.12. The van der Waals surface area contributed by atoms with E-state index in [4.69, 9.17) is 11.6 Å². The lowest BCUT2D eigenvalue weighted by Gasteiger charge is -2.04. The summed E-state index contributed by atoms with van der Waals surface area (Å²) in [5.41, 5.74) is 2.65. The zero-order valence-electron chi connectivity index (χ0n) is 8.02. The summed E-state index contributed by atoms with van der Waals surface area (Å²) in [7, 11) is 0. The number of aryl methyl sites for hydroxylation is 2. The van der Waals surface area contributed by atoms with E-state index in [9.17, 15) is 4.79 Å². The molecule has 0 saturated carbocycles. The molecule has 2 aromatic rings. The summed E-state index contributed by atoms with van der Waals surface area (Å²) >= 11 is 5.97. The highest BCUT2D eigenvalue weighted by Gasteiger charge is 2.04. The number of benzene rings is 1. The molecule has 72 valence electrons. The third-order valence-electron chi connectivity index (χ3n) is 2.33. The summed E-state index contributed by atoms with van der Waals surface area (Å²) in [6.45, 7) is 3.77. The van der Waals surface area contributed by atoms with Crippen molar-refractivity contribution in [2.45, 2.75) is 13.8 Å². The van der Waals surface area contributed by atoms with Crippen LogP contribution in [0.2, 0.25) is 5.02 Å². The topological polar surface area (TPSA) is 32.9 Å². The highest BCUT2D eigenvalue weighted by atomic mass is 35.5. The van der Waals surface area contributed by atoms with Crippen molar-refractivity contribution in [2.75, 3.05) is 0 Å². The molecule has 0 saturated heterocycles. The minimum absolute atomic E-state index is 0.0380. The lowest BCUT2D eigenvalue weighted by molar-refractivity contribution is 1.23. The first-order valence-electron chi connectivity index (χ1n) is 4.38. The van der Waals surface area contributed by atoms with Gasteiger partial charge < -0.3 is 4.98 Å². The van der Waals surface area contributed by atoms with Gasteiger partial charge in [-0.3, -0.25) is 4.79 Å². The molecule has 1 N–H and O–H groups in total. The minimum Gasteiger partial charge on any atom is -0.358 e. The van der Waals surface area contributed by atoms with Crippen LogP contribution in [0.5, 0.6) is 0 Å². The molecule has 2 rings (SSSR count). The first-order valence-corrected chi connectivity index (χ1v) is 4.76. The van der Waals surface area contributed by atoms with Crippen molar-refractivity contribution in [3.63, 3.8) is 0 Å². The van der Waals surface area contributed by atoms with Crippen molar-refractivity contribution in [3.8, 4) is 0 Å². The smallest absolute Gasteiger partial charge is 0.189 e. The van der Waals surface area contributed by atoms with Crippen LogP contribution in [0.25, 0.3) is 10.9 Å². The second kappa shape index (κ2) is 3.14. The molecule has 0 amide bonds. The summed E-state index contributed by atoms with van der Waals surface area (Å²) in [4.78, 5) is 14.8. The van der Waals surface area contributed by atoms with Gasteiger partial charge in [0.25, 0.3) is 0 Å². The minimum atomic E-state index is 0.0380. The van der Waals surface area contributed by atoms with Gasteiger partial charge in [-0.15, -0.1) is 0 Å². The van der Waals surface area contributed by atoms with Crippen molar-refractivity contribution in [3.05, 3.63) is 44.7 Å². The Bertz CT molecular complexity index is 557. The largest absolute Gasteiger partial charge is 0.358 e. The second-order valence-electron chi connectivity index (χ2n) is 3.41. The molecular formula is C11H10ClNO. The van der Waals surface area contributed by atoms with Crippen LogP contribution in [0.15, 0.2) is 23.0 Å². The lowest BCUT2D eigenvalue weighted by Crippen LogP contribution is -2.03. The quantitative estimate of drug-likeness (QED) is 0.708. The van der Waals surface area contributed by atoms with Crippen LogP contribution < -0.4 is 5.43 Å². The molecular weight excluding hydrogens is 198 g/mol. The van der Waals surface area contributed by atoms with Crippen molar-refractivity contribution < 1.29 is 0 Å². The Labute approximate surface area is 86.5 Å². The fourth-order valence-electron chi connectivity index (χ4n) is 1.56. The van der Waals surface area contributed by atoms with Crippen molar-refractivity contribution in [2.24, 2.45) is 0 Å². The molecule has 0 aliphatic rings. The zero-order valence-corrected chi connectivity index (χ0v) is 8.77. The SMILES string of the molecule is Cc1cc(=O)c2ccc(Cl)c(C)c2[nH]1. The Hall–Kier alpha value is -1.28. The number of hydrogen-bond acceptors (Lipinski definition) is 1. The van der Waals surface area contributed by atoms with Crippen molar-refractivity contribution in [1.82, 2.24) is 4.98 Å².